The fourth-order valence-corrected chi connectivity index (χ4v) is 4.28. The van der Waals surface area contributed by atoms with Crippen molar-refractivity contribution in [3.05, 3.63) is 114 Å². The molecule has 0 bridgehead atoms. The molecule has 0 aliphatic carbocycles. The lowest BCUT2D eigenvalue weighted by Gasteiger charge is -2.35. The molecule has 5 heteroatoms. The van der Waals surface area contributed by atoms with Crippen LogP contribution in [0.5, 0.6) is 0 Å². The first kappa shape index (κ1) is 21.0. The molecule has 1 unspecified atom stereocenters. The maximum atomic E-state index is 13.4. The summed E-state index contributed by atoms with van der Waals surface area (Å²) >= 11 is 0. The van der Waals surface area contributed by atoms with Gasteiger partial charge in [0.1, 0.15) is 11.5 Å². The Morgan fingerprint density at radius 2 is 1.70 bits per heavy atom. The zero-order valence-corrected chi connectivity index (χ0v) is 18.6. The second-order valence-electron chi connectivity index (χ2n) is 8.30. The van der Waals surface area contributed by atoms with Gasteiger partial charge in [-0.25, -0.2) is 4.98 Å². The van der Waals surface area contributed by atoms with Crippen LogP contribution in [0.4, 0.5) is 5.82 Å². The van der Waals surface area contributed by atoms with E-state index >= 15 is 0 Å². The van der Waals surface area contributed by atoms with Gasteiger partial charge in [0, 0.05) is 48.7 Å². The van der Waals surface area contributed by atoms with Crippen LogP contribution in [0, 0.1) is 6.92 Å². The first-order valence-electron chi connectivity index (χ1n) is 11.3. The maximum Gasteiger partial charge on any atom is 0.213 e. The summed E-state index contributed by atoms with van der Waals surface area (Å²) in [6.45, 7) is 4.38. The van der Waals surface area contributed by atoms with Crippen molar-refractivity contribution >= 4 is 11.6 Å². The molecule has 1 fully saturated rings. The monoisotopic (exact) mass is 434 g/mol. The van der Waals surface area contributed by atoms with Gasteiger partial charge in [0.15, 0.2) is 0 Å². The topological polar surface area (TPSA) is 58.1 Å². The molecule has 5 nitrogen and oxygen atoms in total. The van der Waals surface area contributed by atoms with Crippen molar-refractivity contribution in [3.63, 3.8) is 0 Å². The van der Waals surface area contributed by atoms with Gasteiger partial charge in [-0.15, -0.1) is 0 Å². The molecule has 0 spiro atoms. The van der Waals surface area contributed by atoms with Crippen molar-refractivity contribution in [3.8, 4) is 11.1 Å². The van der Waals surface area contributed by atoms with Crippen LogP contribution < -0.4 is 10.2 Å². The van der Waals surface area contributed by atoms with E-state index in [4.69, 9.17) is 4.98 Å². The van der Waals surface area contributed by atoms with Crippen molar-refractivity contribution in [1.29, 1.82) is 0 Å². The third-order valence-electron chi connectivity index (χ3n) is 6.11. The number of anilines is 1. The summed E-state index contributed by atoms with van der Waals surface area (Å²) < 4.78 is 0. The number of hydrogen-bond acceptors (Lipinski definition) is 5. The lowest BCUT2D eigenvalue weighted by atomic mass is 10.0. The zero-order chi connectivity index (χ0) is 22.6. The lowest BCUT2D eigenvalue weighted by molar-refractivity contribution is 0.103. The molecule has 33 heavy (non-hydrogen) atoms. The molecule has 0 radical (unpaired) electrons. The Hall–Kier alpha value is -3.83. The van der Waals surface area contributed by atoms with Gasteiger partial charge in [0.05, 0.1) is 0 Å². The fraction of sp³-hybridized carbons (Fsp3) is 0.179. The largest absolute Gasteiger partial charge is 0.353 e. The number of carbonyl (C=O) groups is 1. The number of benzene rings is 2. The van der Waals surface area contributed by atoms with Gasteiger partial charge in [-0.05, 0) is 36.2 Å². The molecule has 1 atom stereocenters. The minimum absolute atomic E-state index is 0.102. The summed E-state index contributed by atoms with van der Waals surface area (Å²) in [4.78, 5) is 24.9. The Bertz CT molecular complexity index is 1260. The predicted octanol–water partition coefficient (Wildman–Crippen LogP) is 4.83. The molecule has 3 heterocycles. The number of ketones is 1. The molecule has 2 aromatic carbocycles. The number of aromatic nitrogens is 2. The van der Waals surface area contributed by atoms with E-state index in [0.29, 0.717) is 17.0 Å². The molecule has 0 amide bonds. The summed E-state index contributed by atoms with van der Waals surface area (Å²) in [6.07, 6.45) is 1.82. The Morgan fingerprint density at radius 3 is 2.48 bits per heavy atom. The molecular formula is C28H26N4O. The summed E-state index contributed by atoms with van der Waals surface area (Å²) in [6, 6.07) is 28.3. The molecule has 1 saturated heterocycles. The van der Waals surface area contributed by atoms with Crippen molar-refractivity contribution in [1.82, 2.24) is 15.3 Å². The molecule has 5 rings (SSSR count). The zero-order valence-electron chi connectivity index (χ0n) is 18.6. The summed E-state index contributed by atoms with van der Waals surface area (Å²) in [5.41, 5.74) is 4.95. The van der Waals surface area contributed by atoms with Gasteiger partial charge in [0.2, 0.25) is 5.78 Å². The second kappa shape index (κ2) is 9.35. The molecule has 1 aliphatic rings. The van der Waals surface area contributed by atoms with E-state index in [1.54, 1.807) is 6.07 Å². The minimum atomic E-state index is -0.102. The van der Waals surface area contributed by atoms with Crippen molar-refractivity contribution < 1.29 is 4.79 Å². The SMILES string of the molecule is Cc1ncc(-c2ccccc2)cc1C(=O)c1cccc(N2CCNC(c3ccccc3)C2)n1. The van der Waals surface area contributed by atoms with Crippen LogP contribution in [-0.4, -0.2) is 35.4 Å². The highest BCUT2D eigenvalue weighted by Crippen LogP contribution is 2.24. The summed E-state index contributed by atoms with van der Waals surface area (Å²) in [7, 11) is 0. The minimum Gasteiger partial charge on any atom is -0.353 e. The highest BCUT2D eigenvalue weighted by Gasteiger charge is 2.23. The average Bonchev–Trinajstić information content (AvgIpc) is 2.90. The number of pyridine rings is 2. The smallest absolute Gasteiger partial charge is 0.213 e. The Labute approximate surface area is 194 Å². The molecule has 1 aliphatic heterocycles. The molecule has 4 aromatic rings. The number of carbonyl (C=O) groups excluding carboxylic acids is 1. The fourth-order valence-electron chi connectivity index (χ4n) is 4.28. The number of piperazine rings is 1. The van der Waals surface area contributed by atoms with E-state index < -0.39 is 0 Å². The first-order valence-corrected chi connectivity index (χ1v) is 11.3. The van der Waals surface area contributed by atoms with Crippen LogP contribution in [0.25, 0.3) is 11.1 Å². The number of aryl methyl sites for hydroxylation is 1. The quantitative estimate of drug-likeness (QED) is 0.456. The molecule has 164 valence electrons. The Morgan fingerprint density at radius 1 is 0.939 bits per heavy atom. The number of nitrogens with zero attached hydrogens (tertiary/aromatic N) is 3. The molecule has 0 saturated carbocycles. The van der Waals surface area contributed by atoms with E-state index in [1.165, 1.54) is 5.56 Å². The van der Waals surface area contributed by atoms with Gasteiger partial charge >= 0.3 is 0 Å². The standard InChI is InChI=1S/C28H26N4O/c1-20-24(17-23(18-30-20)21-9-4-2-5-10-21)28(33)25-13-8-14-27(31-25)32-16-15-29-26(19-32)22-11-6-3-7-12-22/h2-14,17-18,26,29H,15-16,19H2,1H3. The second-order valence-corrected chi connectivity index (χ2v) is 8.30. The van der Waals surface area contributed by atoms with Crippen LogP contribution >= 0.6 is 0 Å². The summed E-state index contributed by atoms with van der Waals surface area (Å²) in [5, 5.41) is 3.58. The maximum absolute atomic E-state index is 13.4. The normalized spacial score (nSPS) is 15.9. The Kier molecular flexibility index (Phi) is 5.96. The van der Waals surface area contributed by atoms with Gasteiger partial charge in [0.25, 0.3) is 0 Å². The van der Waals surface area contributed by atoms with E-state index in [9.17, 15) is 4.79 Å². The van der Waals surface area contributed by atoms with Crippen molar-refractivity contribution in [2.45, 2.75) is 13.0 Å². The van der Waals surface area contributed by atoms with Gasteiger partial charge in [-0.1, -0.05) is 66.7 Å². The van der Waals surface area contributed by atoms with E-state index in [1.807, 2.05) is 67.7 Å². The van der Waals surface area contributed by atoms with Crippen LogP contribution in [0.1, 0.15) is 33.4 Å². The molecular weight excluding hydrogens is 408 g/mol. The average molecular weight is 435 g/mol. The van der Waals surface area contributed by atoms with Gasteiger partial charge < -0.3 is 10.2 Å². The van der Waals surface area contributed by atoms with Crippen LogP contribution in [0.15, 0.2) is 91.1 Å². The third-order valence-corrected chi connectivity index (χ3v) is 6.11. The third kappa shape index (κ3) is 4.54. The van der Waals surface area contributed by atoms with E-state index in [0.717, 1.165) is 36.6 Å². The van der Waals surface area contributed by atoms with Gasteiger partial charge in [-0.2, -0.15) is 0 Å². The Balaban J connectivity index is 1.41. The lowest BCUT2D eigenvalue weighted by Crippen LogP contribution is -2.46. The predicted molar refractivity (Wildman–Crippen MR) is 131 cm³/mol. The number of nitrogens with one attached hydrogen (secondary N) is 1. The van der Waals surface area contributed by atoms with E-state index in [-0.39, 0.29) is 11.8 Å². The van der Waals surface area contributed by atoms with E-state index in [2.05, 4.69) is 39.5 Å². The van der Waals surface area contributed by atoms with Crippen LogP contribution in [0.2, 0.25) is 0 Å². The molecule has 2 aromatic heterocycles. The highest BCUT2D eigenvalue weighted by molar-refractivity contribution is 6.09. The number of rotatable bonds is 5. The van der Waals surface area contributed by atoms with Crippen molar-refractivity contribution in [2.75, 3.05) is 24.5 Å². The highest BCUT2D eigenvalue weighted by atomic mass is 16.1. The van der Waals surface area contributed by atoms with Gasteiger partial charge in [-0.3, -0.25) is 9.78 Å². The molecule has 1 N–H and O–H groups in total. The summed E-state index contributed by atoms with van der Waals surface area (Å²) in [5.74, 6) is 0.725. The van der Waals surface area contributed by atoms with Crippen molar-refractivity contribution in [2.24, 2.45) is 0 Å². The number of hydrogen-bond donors (Lipinski definition) is 1. The van der Waals surface area contributed by atoms with Crippen LogP contribution in [0.3, 0.4) is 0 Å². The van der Waals surface area contributed by atoms with Crippen LogP contribution in [-0.2, 0) is 0 Å². The first-order chi connectivity index (χ1) is 16.2.